The summed E-state index contributed by atoms with van der Waals surface area (Å²) in [5, 5.41) is 6.82. The maximum atomic E-state index is 4.28. The molecule has 0 fully saturated rings. The van der Waals surface area contributed by atoms with Crippen LogP contribution in [0.25, 0.3) is 0 Å². The lowest BCUT2D eigenvalue weighted by Gasteiger charge is -2.23. The van der Waals surface area contributed by atoms with Crippen LogP contribution in [0, 0.1) is 5.41 Å². The van der Waals surface area contributed by atoms with Crippen molar-refractivity contribution in [3.05, 3.63) is 18.7 Å². The quantitative estimate of drug-likeness (QED) is 0.308. The van der Waals surface area contributed by atoms with E-state index in [9.17, 15) is 0 Å². The molecule has 1 aromatic rings. The number of guanidine groups is 1. The fraction of sp³-hybridized carbons (Fsp3) is 0.750. The van der Waals surface area contributed by atoms with Gasteiger partial charge in [-0.1, -0.05) is 20.8 Å². The molecular weight excluding hydrogens is 389 g/mol. The topological polar surface area (TPSA) is 54.2 Å². The number of hydrogen-bond acceptors (Lipinski definition) is 2. The van der Waals surface area contributed by atoms with Gasteiger partial charge in [0.1, 0.15) is 0 Å². The van der Waals surface area contributed by atoms with Gasteiger partial charge in [-0.3, -0.25) is 4.99 Å². The van der Waals surface area contributed by atoms with E-state index in [1.165, 1.54) is 6.42 Å². The number of hydrogen-bond donors (Lipinski definition) is 2. The van der Waals surface area contributed by atoms with Crippen molar-refractivity contribution >= 4 is 29.9 Å². The second kappa shape index (κ2) is 10.9. The van der Waals surface area contributed by atoms with Crippen LogP contribution in [0.15, 0.2) is 23.7 Å². The van der Waals surface area contributed by atoms with E-state index in [2.05, 4.69) is 52.9 Å². The molecule has 2 N–H and O–H groups in total. The second-order valence-corrected chi connectivity index (χ2v) is 6.80. The van der Waals surface area contributed by atoms with E-state index < -0.39 is 0 Å². The lowest BCUT2D eigenvalue weighted by atomic mass is 9.89. The third kappa shape index (κ3) is 10.0. The van der Waals surface area contributed by atoms with Gasteiger partial charge in [0.15, 0.2) is 5.96 Å². The van der Waals surface area contributed by atoms with Gasteiger partial charge in [0.25, 0.3) is 0 Å². The zero-order valence-electron chi connectivity index (χ0n) is 14.6. The van der Waals surface area contributed by atoms with Gasteiger partial charge < -0.3 is 15.2 Å². The summed E-state index contributed by atoms with van der Waals surface area (Å²) in [6.45, 7) is 10.9. The Hall–Kier alpha value is -0.790. The van der Waals surface area contributed by atoms with Crippen LogP contribution in [0.3, 0.4) is 0 Å². The van der Waals surface area contributed by atoms with E-state index in [-0.39, 0.29) is 24.0 Å². The summed E-state index contributed by atoms with van der Waals surface area (Å²) in [5.41, 5.74) is 0.387. The van der Waals surface area contributed by atoms with Gasteiger partial charge in [0, 0.05) is 38.6 Å². The van der Waals surface area contributed by atoms with Crippen LogP contribution < -0.4 is 10.6 Å². The standard InChI is InChI=1S/C16H31N5.HI/c1-14(7-8-16(2,3)4)20-15(17-5)19-9-6-11-21-12-10-18-13-21;/h10,12-14H,6-9,11H2,1-5H3,(H2,17,19,20);1H. The van der Waals surface area contributed by atoms with E-state index in [0.717, 1.165) is 31.9 Å². The number of rotatable bonds is 7. The lowest BCUT2D eigenvalue weighted by Crippen LogP contribution is -2.42. The molecule has 0 saturated heterocycles. The summed E-state index contributed by atoms with van der Waals surface area (Å²) in [5.74, 6) is 0.891. The minimum absolute atomic E-state index is 0. The van der Waals surface area contributed by atoms with Gasteiger partial charge in [0.2, 0.25) is 0 Å². The van der Waals surface area contributed by atoms with Crippen LogP contribution in [0.1, 0.15) is 47.0 Å². The summed E-state index contributed by atoms with van der Waals surface area (Å²) in [7, 11) is 1.82. The molecule has 0 aliphatic rings. The number of aliphatic imine (C=N–C) groups is 1. The summed E-state index contributed by atoms with van der Waals surface area (Å²) < 4.78 is 2.09. The first-order valence-corrected chi connectivity index (χ1v) is 7.83. The van der Waals surface area contributed by atoms with Crippen molar-refractivity contribution in [2.75, 3.05) is 13.6 Å². The van der Waals surface area contributed by atoms with Gasteiger partial charge in [-0.05, 0) is 31.6 Å². The molecule has 1 atom stereocenters. The Labute approximate surface area is 152 Å². The molecule has 5 nitrogen and oxygen atoms in total. The van der Waals surface area contributed by atoms with Gasteiger partial charge in [0.05, 0.1) is 6.33 Å². The van der Waals surface area contributed by atoms with Crippen LogP contribution in [0.4, 0.5) is 0 Å². The van der Waals surface area contributed by atoms with Crippen LogP contribution in [0.5, 0.6) is 0 Å². The number of aromatic nitrogens is 2. The molecule has 1 rings (SSSR count). The maximum Gasteiger partial charge on any atom is 0.191 e. The van der Waals surface area contributed by atoms with Crippen LogP contribution in [0.2, 0.25) is 0 Å². The molecular formula is C16H32IN5. The molecule has 0 bridgehead atoms. The smallest absolute Gasteiger partial charge is 0.191 e. The predicted octanol–water partition coefficient (Wildman–Crippen LogP) is 3.27. The van der Waals surface area contributed by atoms with Crippen molar-refractivity contribution in [1.29, 1.82) is 0 Å². The van der Waals surface area contributed by atoms with Crippen molar-refractivity contribution < 1.29 is 0 Å². The Morgan fingerprint density at radius 1 is 1.36 bits per heavy atom. The summed E-state index contributed by atoms with van der Waals surface area (Å²) in [4.78, 5) is 8.32. The highest BCUT2D eigenvalue weighted by Gasteiger charge is 2.13. The first kappa shape index (κ1) is 21.2. The number of aryl methyl sites for hydroxylation is 1. The van der Waals surface area contributed by atoms with E-state index in [0.29, 0.717) is 11.5 Å². The third-order valence-electron chi connectivity index (χ3n) is 3.38. The lowest BCUT2D eigenvalue weighted by molar-refractivity contribution is 0.346. The van der Waals surface area contributed by atoms with Crippen molar-refractivity contribution in [3.8, 4) is 0 Å². The molecule has 128 valence electrons. The minimum atomic E-state index is 0. The fourth-order valence-electron chi connectivity index (χ4n) is 2.04. The molecule has 0 amide bonds. The molecule has 1 heterocycles. The number of nitrogens with one attached hydrogen (secondary N) is 2. The summed E-state index contributed by atoms with van der Waals surface area (Å²) in [6, 6.07) is 0.434. The molecule has 0 saturated carbocycles. The Bertz CT molecular complexity index is 409. The van der Waals surface area contributed by atoms with Gasteiger partial charge in [-0.2, -0.15) is 0 Å². The van der Waals surface area contributed by atoms with E-state index >= 15 is 0 Å². The molecule has 0 spiro atoms. The monoisotopic (exact) mass is 421 g/mol. The van der Waals surface area contributed by atoms with E-state index in [4.69, 9.17) is 0 Å². The number of halogens is 1. The molecule has 0 radical (unpaired) electrons. The Balaban J connectivity index is 0.00000441. The normalized spacial score (nSPS) is 13.4. The average Bonchev–Trinajstić information content (AvgIpc) is 2.92. The molecule has 1 aromatic heterocycles. The third-order valence-corrected chi connectivity index (χ3v) is 3.38. The van der Waals surface area contributed by atoms with Crippen LogP contribution in [-0.2, 0) is 6.54 Å². The highest BCUT2D eigenvalue weighted by atomic mass is 127. The van der Waals surface area contributed by atoms with E-state index in [1.54, 1.807) is 0 Å². The number of imidazole rings is 1. The Morgan fingerprint density at radius 2 is 2.09 bits per heavy atom. The summed E-state index contributed by atoms with van der Waals surface area (Å²) >= 11 is 0. The Morgan fingerprint density at radius 3 is 2.64 bits per heavy atom. The predicted molar refractivity (Wildman–Crippen MR) is 105 cm³/mol. The van der Waals surface area contributed by atoms with E-state index in [1.807, 2.05) is 25.8 Å². The maximum absolute atomic E-state index is 4.28. The first-order valence-electron chi connectivity index (χ1n) is 7.83. The van der Waals surface area contributed by atoms with Gasteiger partial charge in [-0.25, -0.2) is 4.98 Å². The highest BCUT2D eigenvalue weighted by Crippen LogP contribution is 2.21. The van der Waals surface area contributed by atoms with Crippen molar-refractivity contribution in [3.63, 3.8) is 0 Å². The zero-order valence-corrected chi connectivity index (χ0v) is 16.9. The van der Waals surface area contributed by atoms with Crippen molar-refractivity contribution in [2.45, 2.75) is 59.5 Å². The summed E-state index contributed by atoms with van der Waals surface area (Å²) in [6.07, 6.45) is 9.06. The van der Waals surface area contributed by atoms with Gasteiger partial charge >= 0.3 is 0 Å². The van der Waals surface area contributed by atoms with Gasteiger partial charge in [-0.15, -0.1) is 24.0 Å². The average molecular weight is 421 g/mol. The minimum Gasteiger partial charge on any atom is -0.356 e. The Kier molecular flexibility index (Phi) is 10.5. The molecule has 0 aliphatic carbocycles. The van der Waals surface area contributed by atoms with Crippen molar-refractivity contribution in [1.82, 2.24) is 20.2 Å². The van der Waals surface area contributed by atoms with Crippen molar-refractivity contribution in [2.24, 2.45) is 10.4 Å². The SMILES string of the molecule is CN=C(NCCCn1ccnc1)NC(C)CCC(C)(C)C.I. The fourth-order valence-corrected chi connectivity index (χ4v) is 2.04. The highest BCUT2D eigenvalue weighted by molar-refractivity contribution is 14.0. The second-order valence-electron chi connectivity index (χ2n) is 6.80. The van der Waals surface area contributed by atoms with Crippen LogP contribution in [-0.4, -0.2) is 35.1 Å². The number of nitrogens with zero attached hydrogens (tertiary/aromatic N) is 3. The van der Waals surface area contributed by atoms with Crippen LogP contribution >= 0.6 is 24.0 Å². The molecule has 0 aliphatic heterocycles. The molecule has 22 heavy (non-hydrogen) atoms. The first-order chi connectivity index (χ1) is 9.90. The zero-order chi connectivity index (χ0) is 15.7. The molecule has 0 aromatic carbocycles. The largest absolute Gasteiger partial charge is 0.356 e. The molecule has 6 heteroatoms. The molecule has 1 unspecified atom stereocenters.